The smallest absolute Gasteiger partial charge is 0.297 e. The summed E-state index contributed by atoms with van der Waals surface area (Å²) in [6, 6.07) is 7.45. The summed E-state index contributed by atoms with van der Waals surface area (Å²) in [5.41, 5.74) is 2.19. The van der Waals surface area contributed by atoms with Gasteiger partial charge >= 0.3 is 0 Å². The Morgan fingerprint density at radius 3 is 2.92 bits per heavy atom. The number of ether oxygens (including phenoxy) is 1. The number of aryl methyl sites for hydroxylation is 2. The predicted molar refractivity (Wildman–Crippen MR) is 97.7 cm³/mol. The lowest BCUT2D eigenvalue weighted by Gasteiger charge is -2.02. The van der Waals surface area contributed by atoms with Crippen molar-refractivity contribution in [3.63, 3.8) is 0 Å². The van der Waals surface area contributed by atoms with Gasteiger partial charge in [0.15, 0.2) is 4.80 Å². The molecule has 0 bridgehead atoms. The Hall–Kier alpha value is -2.85. The fourth-order valence-corrected chi connectivity index (χ4v) is 3.67. The van der Waals surface area contributed by atoms with Crippen molar-refractivity contribution in [1.82, 2.24) is 14.3 Å². The van der Waals surface area contributed by atoms with Crippen LogP contribution in [0.15, 0.2) is 29.3 Å². The second kappa shape index (κ2) is 6.95. The lowest BCUT2D eigenvalue weighted by molar-refractivity contribution is 0.0987. The van der Waals surface area contributed by atoms with Crippen molar-refractivity contribution in [1.29, 1.82) is 0 Å². The summed E-state index contributed by atoms with van der Waals surface area (Å²) < 4.78 is 9.74. The Bertz CT molecular complexity index is 1050. The molecule has 1 aromatic carbocycles. The molecule has 2 heterocycles. The van der Waals surface area contributed by atoms with Crippen LogP contribution >= 0.6 is 11.3 Å². The molecule has 3 aromatic rings. The molecule has 1 amide bonds. The zero-order valence-corrected chi connectivity index (χ0v) is 15.1. The normalized spacial score (nSPS) is 11.7. The number of thiazole rings is 1. The number of carbonyl (C=O) groups excluding carboxylic acids is 1. The van der Waals surface area contributed by atoms with Gasteiger partial charge in [0.05, 0.1) is 29.6 Å². The van der Waals surface area contributed by atoms with Crippen LogP contribution in [0, 0.1) is 19.3 Å². The molecule has 128 valence electrons. The molecule has 0 N–H and O–H groups in total. The first-order valence-corrected chi connectivity index (χ1v) is 8.63. The van der Waals surface area contributed by atoms with Gasteiger partial charge in [0, 0.05) is 6.54 Å². The first-order chi connectivity index (χ1) is 12.1. The van der Waals surface area contributed by atoms with Gasteiger partial charge in [-0.05, 0) is 38.1 Å². The van der Waals surface area contributed by atoms with Gasteiger partial charge in [-0.25, -0.2) is 0 Å². The van der Waals surface area contributed by atoms with Crippen molar-refractivity contribution < 1.29 is 9.53 Å². The summed E-state index contributed by atoms with van der Waals surface area (Å²) in [6.07, 6.45) is 5.50. The molecular weight excluding hydrogens is 336 g/mol. The average molecular weight is 354 g/mol. The molecule has 0 atom stereocenters. The third kappa shape index (κ3) is 3.21. The molecule has 0 radical (unpaired) electrons. The minimum Gasteiger partial charge on any atom is -0.497 e. The highest BCUT2D eigenvalue weighted by atomic mass is 32.1. The molecule has 0 spiro atoms. The lowest BCUT2D eigenvalue weighted by atomic mass is 10.3. The summed E-state index contributed by atoms with van der Waals surface area (Å²) in [7, 11) is 1.62. The largest absolute Gasteiger partial charge is 0.497 e. The minimum absolute atomic E-state index is 0.327. The first-order valence-electron chi connectivity index (χ1n) is 7.81. The topological polar surface area (TPSA) is 61.4 Å². The van der Waals surface area contributed by atoms with Crippen LogP contribution in [0.2, 0.25) is 0 Å². The van der Waals surface area contributed by atoms with Gasteiger partial charge in [0.1, 0.15) is 11.4 Å². The highest BCUT2D eigenvalue weighted by Gasteiger charge is 2.14. The Kier molecular flexibility index (Phi) is 4.72. The molecular formula is C18H18N4O2S. The van der Waals surface area contributed by atoms with Crippen LogP contribution in [-0.4, -0.2) is 27.4 Å². The lowest BCUT2D eigenvalue weighted by Crippen LogP contribution is -2.18. The molecule has 0 aliphatic rings. The monoisotopic (exact) mass is 354 g/mol. The van der Waals surface area contributed by atoms with Gasteiger partial charge < -0.3 is 9.30 Å². The third-order valence-electron chi connectivity index (χ3n) is 3.76. The van der Waals surface area contributed by atoms with Crippen LogP contribution < -0.4 is 9.54 Å². The number of rotatable bonds is 4. The predicted octanol–water partition coefficient (Wildman–Crippen LogP) is 2.61. The summed E-state index contributed by atoms with van der Waals surface area (Å²) in [4.78, 5) is 17.5. The number of carbonyl (C=O) groups is 1. The van der Waals surface area contributed by atoms with E-state index in [9.17, 15) is 4.79 Å². The molecule has 7 heteroatoms. The second-order valence-corrected chi connectivity index (χ2v) is 6.42. The number of aromatic nitrogens is 3. The van der Waals surface area contributed by atoms with Gasteiger partial charge in [0.2, 0.25) is 0 Å². The highest BCUT2D eigenvalue weighted by molar-refractivity contribution is 7.16. The van der Waals surface area contributed by atoms with Crippen LogP contribution in [0.25, 0.3) is 10.2 Å². The minimum atomic E-state index is -0.327. The zero-order chi connectivity index (χ0) is 18.0. The number of nitrogens with zero attached hydrogens (tertiary/aromatic N) is 4. The quantitative estimate of drug-likeness (QED) is 0.677. The molecule has 2 aromatic heterocycles. The van der Waals surface area contributed by atoms with Gasteiger partial charge in [0.25, 0.3) is 5.91 Å². The molecule has 0 unspecified atom stereocenters. The van der Waals surface area contributed by atoms with E-state index in [1.165, 1.54) is 11.3 Å². The number of amides is 1. The van der Waals surface area contributed by atoms with Crippen LogP contribution in [0.1, 0.15) is 23.1 Å². The van der Waals surface area contributed by atoms with Crippen LogP contribution in [0.3, 0.4) is 0 Å². The Balaban J connectivity index is 2.16. The number of fused-ring (bicyclic) bond motifs is 1. The first kappa shape index (κ1) is 17.0. The number of benzene rings is 1. The molecule has 0 aliphatic heterocycles. The summed E-state index contributed by atoms with van der Waals surface area (Å²) in [6.45, 7) is 4.74. The zero-order valence-electron chi connectivity index (χ0n) is 14.3. The van der Waals surface area contributed by atoms with Gasteiger partial charge in [-0.3, -0.25) is 9.48 Å². The van der Waals surface area contributed by atoms with E-state index in [2.05, 4.69) is 16.0 Å². The van der Waals surface area contributed by atoms with Crippen molar-refractivity contribution in [2.24, 2.45) is 4.99 Å². The molecule has 25 heavy (non-hydrogen) atoms. The van der Waals surface area contributed by atoms with Crippen molar-refractivity contribution in [3.8, 4) is 18.1 Å². The van der Waals surface area contributed by atoms with E-state index in [0.29, 0.717) is 23.6 Å². The van der Waals surface area contributed by atoms with E-state index in [-0.39, 0.29) is 5.91 Å². The van der Waals surface area contributed by atoms with Crippen molar-refractivity contribution in [3.05, 3.63) is 40.5 Å². The molecule has 3 rings (SSSR count). The average Bonchev–Trinajstić information content (AvgIpc) is 3.15. The molecule has 6 nitrogen and oxygen atoms in total. The Morgan fingerprint density at radius 1 is 1.44 bits per heavy atom. The van der Waals surface area contributed by atoms with E-state index in [0.717, 1.165) is 21.7 Å². The Morgan fingerprint density at radius 2 is 2.24 bits per heavy atom. The Labute approximate surface area is 149 Å². The van der Waals surface area contributed by atoms with E-state index in [1.807, 2.05) is 36.6 Å². The van der Waals surface area contributed by atoms with Crippen molar-refractivity contribution >= 4 is 27.5 Å². The summed E-state index contributed by atoms with van der Waals surface area (Å²) >= 11 is 1.41. The van der Waals surface area contributed by atoms with Gasteiger partial charge in [-0.1, -0.05) is 17.3 Å². The molecule has 0 fully saturated rings. The molecule has 0 saturated heterocycles. The highest BCUT2D eigenvalue weighted by Crippen LogP contribution is 2.23. The number of hydrogen-bond acceptors (Lipinski definition) is 4. The number of hydrogen-bond donors (Lipinski definition) is 0. The van der Waals surface area contributed by atoms with Crippen molar-refractivity contribution in [2.75, 3.05) is 7.11 Å². The van der Waals surface area contributed by atoms with Crippen LogP contribution in [-0.2, 0) is 13.1 Å². The maximum absolute atomic E-state index is 12.7. The summed E-state index contributed by atoms with van der Waals surface area (Å²) in [5.74, 6) is 3.04. The van der Waals surface area contributed by atoms with E-state index in [1.54, 1.807) is 17.9 Å². The third-order valence-corrected chi connectivity index (χ3v) is 4.80. The van der Waals surface area contributed by atoms with Gasteiger partial charge in [-0.15, -0.1) is 6.42 Å². The second-order valence-electron chi connectivity index (χ2n) is 5.41. The van der Waals surface area contributed by atoms with Crippen LogP contribution in [0.4, 0.5) is 0 Å². The fraction of sp³-hybridized carbons (Fsp3) is 0.278. The molecule has 0 aliphatic carbocycles. The number of terminal acetylenes is 1. The van der Waals surface area contributed by atoms with Gasteiger partial charge in [-0.2, -0.15) is 10.1 Å². The standard InChI is InChI=1S/C18H18N4O2S/c1-5-9-21-14-8-7-13(24-4)11-16(14)25-18(21)19-17(23)15-10-12(3)20-22(15)6-2/h1,7-8,10-11H,6,9H2,2-4H3. The van der Waals surface area contributed by atoms with E-state index >= 15 is 0 Å². The summed E-state index contributed by atoms with van der Waals surface area (Å²) in [5, 5.41) is 4.30. The molecule has 0 saturated carbocycles. The van der Waals surface area contributed by atoms with E-state index in [4.69, 9.17) is 11.2 Å². The van der Waals surface area contributed by atoms with E-state index < -0.39 is 0 Å². The maximum Gasteiger partial charge on any atom is 0.297 e. The van der Waals surface area contributed by atoms with Crippen LogP contribution in [0.5, 0.6) is 5.75 Å². The van der Waals surface area contributed by atoms with Crippen molar-refractivity contribution in [2.45, 2.75) is 26.9 Å². The fourth-order valence-electron chi connectivity index (χ4n) is 2.61. The maximum atomic E-state index is 12.7. The SMILES string of the molecule is C#CCn1c(=NC(=O)c2cc(C)nn2CC)sc2cc(OC)ccc21. The number of methoxy groups -OCH3 is 1.